The van der Waals surface area contributed by atoms with Crippen LogP contribution in [0.25, 0.3) is 0 Å². The van der Waals surface area contributed by atoms with Gasteiger partial charge in [0.1, 0.15) is 11.5 Å². The molecule has 0 bridgehead atoms. The van der Waals surface area contributed by atoms with E-state index in [0.29, 0.717) is 17.0 Å². The molecule has 2 N–H and O–H groups in total. The lowest BCUT2D eigenvalue weighted by Crippen LogP contribution is -2.28. The highest BCUT2D eigenvalue weighted by Crippen LogP contribution is 2.37. The quantitative estimate of drug-likeness (QED) is 0.775. The van der Waals surface area contributed by atoms with Gasteiger partial charge in [-0.05, 0) is 24.6 Å². The van der Waals surface area contributed by atoms with Crippen molar-refractivity contribution in [1.82, 2.24) is 4.98 Å². The fourth-order valence-electron chi connectivity index (χ4n) is 2.54. The van der Waals surface area contributed by atoms with Crippen LogP contribution in [0.4, 0.5) is 0 Å². The summed E-state index contributed by atoms with van der Waals surface area (Å²) in [6.45, 7) is 1.73. The van der Waals surface area contributed by atoms with Crippen LogP contribution >= 0.6 is 0 Å². The predicted molar refractivity (Wildman–Crippen MR) is 72.0 cm³/mol. The van der Waals surface area contributed by atoms with Crippen LogP contribution in [0.15, 0.2) is 35.1 Å². The van der Waals surface area contributed by atoms with Crippen molar-refractivity contribution in [3.05, 3.63) is 57.5 Å². The number of rotatable bonds is 1. The monoisotopic (exact) mass is 271 g/mol. The van der Waals surface area contributed by atoms with Gasteiger partial charge in [-0.15, -0.1) is 0 Å². The molecule has 5 heteroatoms. The van der Waals surface area contributed by atoms with Gasteiger partial charge in [-0.1, -0.05) is 12.1 Å². The largest absolute Gasteiger partial charge is 0.508 e. The Balaban J connectivity index is 2.20. The molecular formula is C15H13NO4. The van der Waals surface area contributed by atoms with Crippen LogP contribution in [-0.2, 0) is 4.79 Å². The summed E-state index contributed by atoms with van der Waals surface area (Å²) in [7, 11) is 0. The fourth-order valence-corrected chi connectivity index (χ4v) is 2.54. The maximum atomic E-state index is 12.2. The number of phenols is 1. The first-order valence-corrected chi connectivity index (χ1v) is 6.28. The van der Waals surface area contributed by atoms with E-state index >= 15 is 0 Å². The Morgan fingerprint density at radius 1 is 1.30 bits per heavy atom. The Bertz CT molecular complexity index is 748. The van der Waals surface area contributed by atoms with Gasteiger partial charge in [-0.2, -0.15) is 0 Å². The predicted octanol–water partition coefficient (Wildman–Crippen LogP) is 1.83. The number of pyridine rings is 1. The van der Waals surface area contributed by atoms with Crippen molar-refractivity contribution >= 4 is 5.97 Å². The number of esters is 1. The van der Waals surface area contributed by atoms with E-state index in [0.717, 1.165) is 5.56 Å². The van der Waals surface area contributed by atoms with Crippen LogP contribution in [0, 0.1) is 6.92 Å². The molecule has 0 amide bonds. The van der Waals surface area contributed by atoms with Crippen molar-refractivity contribution in [2.24, 2.45) is 0 Å². The highest BCUT2D eigenvalue weighted by Gasteiger charge is 2.31. The normalized spacial score (nSPS) is 17.4. The molecule has 1 aromatic heterocycles. The van der Waals surface area contributed by atoms with E-state index in [1.165, 1.54) is 0 Å². The molecule has 3 rings (SSSR count). The van der Waals surface area contributed by atoms with Gasteiger partial charge in [0.2, 0.25) is 0 Å². The van der Waals surface area contributed by atoms with Crippen LogP contribution in [-0.4, -0.2) is 16.1 Å². The third-order valence-corrected chi connectivity index (χ3v) is 3.38. The van der Waals surface area contributed by atoms with Crippen molar-refractivity contribution in [3.8, 4) is 11.5 Å². The molecule has 0 spiro atoms. The maximum Gasteiger partial charge on any atom is 0.312 e. The zero-order valence-electron chi connectivity index (χ0n) is 10.8. The Kier molecular flexibility index (Phi) is 2.82. The summed E-state index contributed by atoms with van der Waals surface area (Å²) in [5.74, 6) is -0.374. The maximum absolute atomic E-state index is 12.2. The number of carbonyl (C=O) groups excluding carboxylic acids is 1. The Hall–Kier alpha value is -2.56. The van der Waals surface area contributed by atoms with Crippen LogP contribution in [0.5, 0.6) is 11.5 Å². The molecule has 0 aliphatic carbocycles. The van der Waals surface area contributed by atoms with Crippen molar-refractivity contribution < 1.29 is 14.6 Å². The number of nitrogens with one attached hydrogen (secondary N) is 1. The first kappa shape index (κ1) is 12.5. The lowest BCUT2D eigenvalue weighted by Gasteiger charge is -2.24. The number of fused-ring (bicyclic) bond motifs is 1. The molecule has 2 heterocycles. The van der Waals surface area contributed by atoms with Gasteiger partial charge in [0.25, 0.3) is 5.56 Å². The number of aryl methyl sites for hydroxylation is 1. The topological polar surface area (TPSA) is 79.4 Å². The molecule has 20 heavy (non-hydrogen) atoms. The van der Waals surface area contributed by atoms with E-state index in [1.807, 2.05) is 0 Å². The number of ether oxygens (including phenoxy) is 1. The van der Waals surface area contributed by atoms with Crippen LogP contribution in [0.1, 0.15) is 29.2 Å². The van der Waals surface area contributed by atoms with Crippen LogP contribution in [0.2, 0.25) is 0 Å². The summed E-state index contributed by atoms with van der Waals surface area (Å²) in [6.07, 6.45) is 0.0859. The molecule has 5 nitrogen and oxygen atoms in total. The lowest BCUT2D eigenvalue weighted by atomic mass is 9.87. The minimum atomic E-state index is -0.400. The molecule has 1 unspecified atom stereocenters. The highest BCUT2D eigenvalue weighted by molar-refractivity contribution is 5.77. The van der Waals surface area contributed by atoms with Gasteiger partial charge in [-0.25, -0.2) is 0 Å². The van der Waals surface area contributed by atoms with E-state index in [2.05, 4.69) is 4.98 Å². The summed E-state index contributed by atoms with van der Waals surface area (Å²) in [5, 5.41) is 9.57. The molecule has 0 fully saturated rings. The minimum absolute atomic E-state index is 0.0859. The van der Waals surface area contributed by atoms with Crippen molar-refractivity contribution in [1.29, 1.82) is 0 Å². The summed E-state index contributed by atoms with van der Waals surface area (Å²) in [6, 6.07) is 8.22. The van der Waals surface area contributed by atoms with Crippen molar-refractivity contribution in [2.75, 3.05) is 0 Å². The first-order chi connectivity index (χ1) is 9.54. The van der Waals surface area contributed by atoms with Crippen LogP contribution in [0.3, 0.4) is 0 Å². The molecule has 0 saturated heterocycles. The fraction of sp³-hybridized carbons (Fsp3) is 0.200. The average molecular weight is 271 g/mol. The Morgan fingerprint density at radius 3 is 2.85 bits per heavy atom. The molecule has 1 aromatic carbocycles. The van der Waals surface area contributed by atoms with E-state index in [-0.39, 0.29) is 23.7 Å². The van der Waals surface area contributed by atoms with Gasteiger partial charge in [-0.3, -0.25) is 9.59 Å². The zero-order valence-corrected chi connectivity index (χ0v) is 10.8. The van der Waals surface area contributed by atoms with E-state index < -0.39 is 5.92 Å². The molecule has 1 atom stereocenters. The molecule has 1 aliphatic heterocycles. The molecule has 0 radical (unpaired) electrons. The average Bonchev–Trinajstić information content (AvgIpc) is 2.36. The number of aromatic hydroxyl groups is 1. The summed E-state index contributed by atoms with van der Waals surface area (Å²) >= 11 is 0. The van der Waals surface area contributed by atoms with Crippen molar-refractivity contribution in [3.63, 3.8) is 0 Å². The highest BCUT2D eigenvalue weighted by atomic mass is 16.5. The van der Waals surface area contributed by atoms with Crippen molar-refractivity contribution in [2.45, 2.75) is 19.3 Å². The second kappa shape index (κ2) is 4.52. The number of phenolic OH excluding ortho intramolecular Hbond substituents is 1. The van der Waals surface area contributed by atoms with E-state index in [9.17, 15) is 14.7 Å². The SMILES string of the molecule is Cc1cc2c(c(=O)[nH]1)C(c1cccc(O)c1)CC(=O)O2. The lowest BCUT2D eigenvalue weighted by molar-refractivity contribution is -0.135. The number of hydrogen-bond donors (Lipinski definition) is 2. The van der Waals surface area contributed by atoms with Gasteiger partial charge in [0.05, 0.1) is 12.0 Å². The van der Waals surface area contributed by atoms with Gasteiger partial charge in [0, 0.05) is 17.7 Å². The smallest absolute Gasteiger partial charge is 0.312 e. The summed E-state index contributed by atoms with van der Waals surface area (Å²) in [4.78, 5) is 26.6. The molecule has 1 aliphatic rings. The summed E-state index contributed by atoms with van der Waals surface area (Å²) in [5.41, 5.74) is 1.53. The van der Waals surface area contributed by atoms with E-state index in [1.54, 1.807) is 37.3 Å². The molecule has 2 aromatic rings. The molecule has 102 valence electrons. The Labute approximate surface area is 114 Å². The number of carbonyl (C=O) groups is 1. The number of aromatic amines is 1. The van der Waals surface area contributed by atoms with Gasteiger partial charge in [0.15, 0.2) is 0 Å². The summed E-state index contributed by atoms with van der Waals surface area (Å²) < 4.78 is 5.15. The number of aromatic nitrogens is 1. The first-order valence-electron chi connectivity index (χ1n) is 6.28. The van der Waals surface area contributed by atoms with Gasteiger partial charge >= 0.3 is 5.97 Å². The zero-order chi connectivity index (χ0) is 14.3. The third-order valence-electron chi connectivity index (χ3n) is 3.38. The number of hydrogen-bond acceptors (Lipinski definition) is 4. The van der Waals surface area contributed by atoms with E-state index in [4.69, 9.17) is 4.74 Å². The third kappa shape index (κ3) is 2.07. The minimum Gasteiger partial charge on any atom is -0.508 e. The van der Waals surface area contributed by atoms with Crippen LogP contribution < -0.4 is 10.3 Å². The second-order valence-corrected chi connectivity index (χ2v) is 4.89. The molecule has 0 saturated carbocycles. The second-order valence-electron chi connectivity index (χ2n) is 4.89. The number of benzene rings is 1. The standard InChI is InChI=1S/C15H13NO4/c1-8-5-12-14(15(19)16-8)11(7-13(18)20-12)9-3-2-4-10(17)6-9/h2-6,11,17H,7H2,1H3,(H,16,19). The number of H-pyrrole nitrogens is 1. The molecular weight excluding hydrogens is 258 g/mol. The Morgan fingerprint density at radius 2 is 2.10 bits per heavy atom. The van der Waals surface area contributed by atoms with Gasteiger partial charge < -0.3 is 14.8 Å².